The van der Waals surface area contributed by atoms with E-state index in [1.165, 1.54) is 5.56 Å². The number of hydrogen-bond donors (Lipinski definition) is 2. The standard InChI is InChI=1S/C48H56ClN7O5/c1-32(2)55-22-15-40-42(55)28-36(29-43(40)56-23-16-44(57)52-47(56)60)46(59)54-26-19-48(20-27-54)17-24-53(25-18-48)21-3-4-33-5-7-34(8-6-33)45(58)51-37-10-13-38(14-11-37)61-39-12-9-35(31-50)41(49)30-39/h5-9,12,15,22,28-30,32,37-38H,3-4,10-11,13-14,16-21,23-27H2,1-2H3,(H,51,58)(H,52,57,60). The molecule has 3 aliphatic heterocycles. The summed E-state index contributed by atoms with van der Waals surface area (Å²) in [6.07, 6.45) is 11.9. The van der Waals surface area contributed by atoms with Gasteiger partial charge in [0.2, 0.25) is 5.91 Å². The van der Waals surface area contributed by atoms with Crippen LogP contribution in [0.15, 0.2) is 66.9 Å². The zero-order chi connectivity index (χ0) is 42.7. The SMILES string of the molecule is CC(C)n1ccc2c(N3CCC(=O)NC3=O)cc(C(=O)N3CCC4(CCN(CCCc5ccc(C(=O)NC6CCC(Oc7ccc(C#N)c(Cl)c7)CC6)cc5)CC4)CC3)cc21. The topological polar surface area (TPSA) is 140 Å². The number of rotatable bonds is 11. The van der Waals surface area contributed by atoms with Gasteiger partial charge in [0.05, 0.1) is 27.9 Å². The number of benzene rings is 3. The number of urea groups is 1. The molecule has 3 saturated heterocycles. The highest BCUT2D eigenvalue weighted by molar-refractivity contribution is 6.31. The molecular formula is C48H56ClN7O5. The number of hydrogen-bond acceptors (Lipinski definition) is 7. The fourth-order valence-corrected chi connectivity index (χ4v) is 9.94. The molecule has 13 heteroatoms. The Kier molecular flexibility index (Phi) is 12.7. The van der Waals surface area contributed by atoms with Gasteiger partial charge in [0, 0.05) is 66.9 Å². The summed E-state index contributed by atoms with van der Waals surface area (Å²) in [4.78, 5) is 58.1. The Morgan fingerprint density at radius 1 is 0.918 bits per heavy atom. The van der Waals surface area contributed by atoms with Crippen LogP contribution in [0.1, 0.15) is 116 Å². The monoisotopic (exact) mass is 845 g/mol. The van der Waals surface area contributed by atoms with E-state index in [4.69, 9.17) is 21.6 Å². The third-order valence-corrected chi connectivity index (χ3v) is 13.8. The molecular weight excluding hydrogens is 790 g/mol. The van der Waals surface area contributed by atoms with E-state index in [2.05, 4.69) is 52.2 Å². The molecule has 0 atom stereocenters. The quantitative estimate of drug-likeness (QED) is 0.155. The van der Waals surface area contributed by atoms with Gasteiger partial charge in [-0.25, -0.2) is 4.79 Å². The lowest BCUT2D eigenvalue weighted by Gasteiger charge is -2.47. The zero-order valence-electron chi connectivity index (χ0n) is 35.3. The third-order valence-electron chi connectivity index (χ3n) is 13.5. The molecule has 1 saturated carbocycles. The van der Waals surface area contributed by atoms with Crippen LogP contribution >= 0.6 is 11.6 Å². The Hall–Kier alpha value is -5.38. The molecule has 61 heavy (non-hydrogen) atoms. The van der Waals surface area contributed by atoms with Gasteiger partial charge >= 0.3 is 6.03 Å². The number of nitrogens with one attached hydrogen (secondary N) is 2. The highest BCUT2D eigenvalue weighted by Crippen LogP contribution is 2.42. The van der Waals surface area contributed by atoms with E-state index in [0.29, 0.717) is 33.1 Å². The summed E-state index contributed by atoms with van der Waals surface area (Å²) < 4.78 is 8.23. The number of fused-ring (bicyclic) bond motifs is 1. The van der Waals surface area contributed by atoms with Gasteiger partial charge in [-0.15, -0.1) is 0 Å². The predicted octanol–water partition coefficient (Wildman–Crippen LogP) is 8.26. The molecule has 0 radical (unpaired) electrons. The van der Waals surface area contributed by atoms with Crippen LogP contribution in [0.3, 0.4) is 0 Å². The maximum absolute atomic E-state index is 14.1. The number of amides is 5. The number of nitriles is 1. The number of imide groups is 1. The average Bonchev–Trinajstić information content (AvgIpc) is 3.70. The van der Waals surface area contributed by atoms with E-state index in [1.807, 2.05) is 41.4 Å². The number of aromatic nitrogens is 1. The minimum atomic E-state index is -0.451. The molecule has 12 nitrogen and oxygen atoms in total. The van der Waals surface area contributed by atoms with Crippen molar-refractivity contribution in [3.05, 3.63) is 94.1 Å². The van der Waals surface area contributed by atoms with Crippen LogP contribution in [0.25, 0.3) is 10.9 Å². The highest BCUT2D eigenvalue weighted by Gasteiger charge is 2.39. The summed E-state index contributed by atoms with van der Waals surface area (Å²) in [7, 11) is 0. The van der Waals surface area contributed by atoms with Gasteiger partial charge < -0.3 is 24.4 Å². The number of piperidine rings is 2. The number of likely N-dealkylation sites (tertiary alicyclic amines) is 2. The fraction of sp³-hybridized carbons (Fsp3) is 0.479. The largest absolute Gasteiger partial charge is 0.490 e. The minimum Gasteiger partial charge on any atom is -0.490 e. The molecule has 3 aromatic carbocycles. The van der Waals surface area contributed by atoms with Crippen LogP contribution in [-0.2, 0) is 11.2 Å². The van der Waals surface area contributed by atoms with Gasteiger partial charge in [-0.05, 0) is 151 Å². The highest BCUT2D eigenvalue weighted by atomic mass is 35.5. The normalized spacial score (nSPS) is 20.8. The molecule has 1 aromatic heterocycles. The first-order chi connectivity index (χ1) is 29.5. The fourth-order valence-electron chi connectivity index (χ4n) is 9.73. The third kappa shape index (κ3) is 9.58. The number of carbonyl (C=O) groups is 4. The Balaban J connectivity index is 0.764. The summed E-state index contributed by atoms with van der Waals surface area (Å²) in [6.45, 7) is 9.09. The molecule has 4 heterocycles. The second-order valence-corrected chi connectivity index (χ2v) is 18.2. The van der Waals surface area contributed by atoms with Crippen molar-refractivity contribution in [1.82, 2.24) is 25.0 Å². The Labute approximate surface area is 363 Å². The van der Waals surface area contributed by atoms with E-state index in [9.17, 15) is 19.2 Å². The molecule has 4 aromatic rings. The lowest BCUT2D eigenvalue weighted by Crippen LogP contribution is -2.50. The van der Waals surface area contributed by atoms with Crippen molar-refractivity contribution in [2.45, 2.75) is 103 Å². The van der Waals surface area contributed by atoms with Gasteiger partial charge in [-0.3, -0.25) is 24.6 Å². The number of carbonyl (C=O) groups excluding carboxylic acids is 4. The summed E-state index contributed by atoms with van der Waals surface area (Å²) in [5.74, 6) is 0.336. The molecule has 5 amide bonds. The first-order valence-corrected chi connectivity index (χ1v) is 22.4. The second kappa shape index (κ2) is 18.3. The summed E-state index contributed by atoms with van der Waals surface area (Å²) >= 11 is 6.16. The van der Waals surface area contributed by atoms with Crippen LogP contribution in [0.4, 0.5) is 10.5 Å². The van der Waals surface area contributed by atoms with Crippen LogP contribution in [0.2, 0.25) is 5.02 Å². The van der Waals surface area contributed by atoms with Crippen molar-refractivity contribution < 1.29 is 23.9 Å². The van der Waals surface area contributed by atoms with Gasteiger partial charge in [-0.2, -0.15) is 5.26 Å². The molecule has 4 fully saturated rings. The minimum absolute atomic E-state index is 0.00768. The van der Waals surface area contributed by atoms with Crippen LogP contribution in [0, 0.1) is 16.7 Å². The van der Waals surface area contributed by atoms with E-state index < -0.39 is 6.03 Å². The van der Waals surface area contributed by atoms with Crippen molar-refractivity contribution >= 4 is 51.9 Å². The summed E-state index contributed by atoms with van der Waals surface area (Å²) in [5, 5.41) is 16.0. The first kappa shape index (κ1) is 42.3. The number of aryl methyl sites for hydroxylation is 1. The summed E-state index contributed by atoms with van der Waals surface area (Å²) in [5.41, 5.74) is 4.76. The zero-order valence-corrected chi connectivity index (χ0v) is 36.0. The van der Waals surface area contributed by atoms with E-state index in [-0.39, 0.29) is 54.3 Å². The van der Waals surface area contributed by atoms with Crippen LogP contribution < -0.4 is 20.3 Å². The first-order valence-electron chi connectivity index (χ1n) is 22.0. The molecule has 0 bridgehead atoms. The van der Waals surface area contributed by atoms with E-state index in [0.717, 1.165) is 108 Å². The van der Waals surface area contributed by atoms with Gasteiger partial charge in [-0.1, -0.05) is 23.7 Å². The van der Waals surface area contributed by atoms with Gasteiger partial charge in [0.15, 0.2) is 0 Å². The molecule has 0 unspecified atom stereocenters. The summed E-state index contributed by atoms with van der Waals surface area (Å²) in [6, 6.07) is 20.9. The molecule has 4 aliphatic rings. The van der Waals surface area contributed by atoms with Crippen molar-refractivity contribution in [2.24, 2.45) is 5.41 Å². The van der Waals surface area contributed by atoms with Crippen molar-refractivity contribution in [3.8, 4) is 11.8 Å². The maximum atomic E-state index is 14.1. The molecule has 1 aliphatic carbocycles. The van der Waals surface area contributed by atoms with Crippen LogP contribution in [0.5, 0.6) is 5.75 Å². The number of halogens is 1. The Morgan fingerprint density at radius 3 is 2.31 bits per heavy atom. The smallest absolute Gasteiger partial charge is 0.328 e. The van der Waals surface area contributed by atoms with Gasteiger partial charge in [0.1, 0.15) is 11.8 Å². The van der Waals surface area contributed by atoms with Crippen molar-refractivity contribution in [1.29, 1.82) is 5.26 Å². The maximum Gasteiger partial charge on any atom is 0.328 e. The number of nitrogens with zero attached hydrogens (tertiary/aromatic N) is 5. The molecule has 320 valence electrons. The Morgan fingerprint density at radius 2 is 1.64 bits per heavy atom. The van der Waals surface area contributed by atoms with E-state index >= 15 is 0 Å². The Bertz CT molecular complexity index is 2310. The van der Waals surface area contributed by atoms with E-state index in [1.54, 1.807) is 23.1 Å². The molecule has 1 spiro atoms. The average molecular weight is 846 g/mol. The van der Waals surface area contributed by atoms with Crippen molar-refractivity contribution in [2.75, 3.05) is 44.2 Å². The van der Waals surface area contributed by atoms with Crippen molar-refractivity contribution in [3.63, 3.8) is 0 Å². The van der Waals surface area contributed by atoms with Crippen LogP contribution in [-0.4, -0.2) is 89.5 Å². The van der Waals surface area contributed by atoms with Gasteiger partial charge in [0.25, 0.3) is 11.8 Å². The lowest BCUT2D eigenvalue weighted by atomic mass is 9.71. The number of anilines is 1. The molecule has 8 rings (SSSR count). The predicted molar refractivity (Wildman–Crippen MR) is 236 cm³/mol. The number of ether oxygens (including phenoxy) is 1. The second-order valence-electron chi connectivity index (χ2n) is 17.8. The lowest BCUT2D eigenvalue weighted by molar-refractivity contribution is -0.120. The molecule has 2 N–H and O–H groups in total.